The monoisotopic (exact) mass is 461 g/mol. The molecule has 33 heavy (non-hydrogen) atoms. The van der Waals surface area contributed by atoms with Crippen LogP contribution in [-0.4, -0.2) is 34.3 Å². The lowest BCUT2D eigenvalue weighted by molar-refractivity contribution is -0.116. The quantitative estimate of drug-likeness (QED) is 0.479. The smallest absolute Gasteiger partial charge is 0.278 e. The summed E-state index contributed by atoms with van der Waals surface area (Å²) in [6.45, 7) is 0. The molecule has 0 atom stereocenters. The predicted molar refractivity (Wildman–Crippen MR) is 124 cm³/mol. The minimum absolute atomic E-state index is 0.136. The summed E-state index contributed by atoms with van der Waals surface area (Å²) >= 11 is 1.16. The Labute approximate surface area is 193 Å². The second kappa shape index (κ2) is 10.1. The van der Waals surface area contributed by atoms with E-state index >= 15 is 0 Å². The van der Waals surface area contributed by atoms with Crippen molar-refractivity contribution in [3.8, 4) is 0 Å². The number of fused-ring (bicyclic) bond motifs is 1. The predicted octanol–water partition coefficient (Wildman–Crippen LogP) is 4.34. The summed E-state index contributed by atoms with van der Waals surface area (Å²) in [5.41, 5.74) is 0.862. The third kappa shape index (κ3) is 5.27. The number of thioether (sulfide) groups is 1. The molecule has 2 N–H and O–H groups in total. The van der Waals surface area contributed by atoms with E-state index in [0.29, 0.717) is 23.5 Å². The van der Waals surface area contributed by atoms with Gasteiger partial charge in [0.25, 0.3) is 5.91 Å². The van der Waals surface area contributed by atoms with Gasteiger partial charge in [-0.15, -0.1) is 11.8 Å². The SMILES string of the molecule is O=C(CCCSC1=CC(=O)c2onc(C(=O)Nc3ccccc3)c2C1=O)Nc1ccccc1. The molecule has 1 aromatic heterocycles. The Morgan fingerprint density at radius 1 is 0.909 bits per heavy atom. The number of hydrogen-bond donors (Lipinski definition) is 2. The van der Waals surface area contributed by atoms with Gasteiger partial charge in [0.15, 0.2) is 5.69 Å². The van der Waals surface area contributed by atoms with Crippen LogP contribution in [0.4, 0.5) is 11.4 Å². The number of amides is 2. The van der Waals surface area contributed by atoms with Gasteiger partial charge in [0.05, 0.1) is 4.91 Å². The number of nitrogens with zero attached hydrogens (tertiary/aromatic N) is 1. The maximum absolute atomic E-state index is 13.0. The molecule has 1 aliphatic carbocycles. The molecule has 4 rings (SSSR count). The molecule has 2 amide bonds. The van der Waals surface area contributed by atoms with Crippen LogP contribution in [0.5, 0.6) is 0 Å². The van der Waals surface area contributed by atoms with Gasteiger partial charge in [-0.3, -0.25) is 19.2 Å². The number of nitrogens with one attached hydrogen (secondary N) is 2. The third-order valence-corrected chi connectivity index (χ3v) is 5.85. The second-order valence-electron chi connectivity index (χ2n) is 7.12. The number of para-hydroxylation sites is 2. The highest BCUT2D eigenvalue weighted by atomic mass is 32.2. The molecule has 0 unspecified atom stereocenters. The van der Waals surface area contributed by atoms with Crippen molar-refractivity contribution >= 4 is 46.5 Å². The Morgan fingerprint density at radius 3 is 2.21 bits per heavy atom. The molecule has 3 aromatic rings. The lowest BCUT2D eigenvalue weighted by atomic mass is 9.99. The number of ketones is 2. The first-order valence-electron chi connectivity index (χ1n) is 10.2. The van der Waals surface area contributed by atoms with E-state index in [0.717, 1.165) is 11.8 Å². The minimum Gasteiger partial charge on any atom is -0.351 e. The van der Waals surface area contributed by atoms with Gasteiger partial charge in [-0.25, -0.2) is 0 Å². The topological polar surface area (TPSA) is 118 Å². The van der Waals surface area contributed by atoms with Crippen molar-refractivity contribution in [2.45, 2.75) is 12.8 Å². The maximum atomic E-state index is 13.0. The van der Waals surface area contributed by atoms with E-state index in [1.54, 1.807) is 42.5 Å². The number of rotatable bonds is 8. The Bertz CT molecular complexity index is 1240. The number of allylic oxidation sites excluding steroid dienone is 2. The van der Waals surface area contributed by atoms with Crippen LogP contribution in [0, 0.1) is 0 Å². The van der Waals surface area contributed by atoms with E-state index in [1.807, 2.05) is 18.2 Å². The van der Waals surface area contributed by atoms with Crippen LogP contribution >= 0.6 is 11.8 Å². The van der Waals surface area contributed by atoms with Crippen LogP contribution in [0.15, 0.2) is 76.2 Å². The van der Waals surface area contributed by atoms with E-state index < -0.39 is 17.5 Å². The van der Waals surface area contributed by atoms with Gasteiger partial charge in [-0.1, -0.05) is 41.6 Å². The molecule has 8 nitrogen and oxygen atoms in total. The molecule has 1 aliphatic rings. The third-order valence-electron chi connectivity index (χ3n) is 4.74. The van der Waals surface area contributed by atoms with Gasteiger partial charge >= 0.3 is 0 Å². The number of carbonyl (C=O) groups is 4. The molecule has 2 aromatic carbocycles. The van der Waals surface area contributed by atoms with Gasteiger partial charge in [0.2, 0.25) is 23.2 Å². The van der Waals surface area contributed by atoms with Crippen molar-refractivity contribution in [1.82, 2.24) is 5.16 Å². The summed E-state index contributed by atoms with van der Waals surface area (Å²) in [6, 6.07) is 17.8. The zero-order chi connectivity index (χ0) is 23.2. The summed E-state index contributed by atoms with van der Waals surface area (Å²) in [5.74, 6) is -1.61. The fourth-order valence-corrected chi connectivity index (χ4v) is 4.11. The highest BCUT2D eigenvalue weighted by molar-refractivity contribution is 8.04. The van der Waals surface area contributed by atoms with Gasteiger partial charge in [0.1, 0.15) is 5.56 Å². The molecule has 9 heteroatoms. The van der Waals surface area contributed by atoms with E-state index in [-0.39, 0.29) is 34.3 Å². The highest BCUT2D eigenvalue weighted by Crippen LogP contribution is 2.31. The summed E-state index contributed by atoms with van der Waals surface area (Å²) < 4.78 is 5.00. The van der Waals surface area contributed by atoms with Crippen LogP contribution in [0.25, 0.3) is 0 Å². The molecule has 0 spiro atoms. The Balaban J connectivity index is 1.36. The Kier molecular flexibility index (Phi) is 6.80. The zero-order valence-corrected chi connectivity index (χ0v) is 18.2. The normalized spacial score (nSPS) is 12.7. The van der Waals surface area contributed by atoms with Crippen molar-refractivity contribution in [3.63, 3.8) is 0 Å². The van der Waals surface area contributed by atoms with Crippen molar-refractivity contribution in [2.24, 2.45) is 0 Å². The second-order valence-corrected chi connectivity index (χ2v) is 8.26. The zero-order valence-electron chi connectivity index (χ0n) is 17.4. The van der Waals surface area contributed by atoms with Crippen LogP contribution in [0.2, 0.25) is 0 Å². The molecule has 0 radical (unpaired) electrons. The fraction of sp³-hybridized carbons (Fsp3) is 0.125. The van der Waals surface area contributed by atoms with Gasteiger partial charge in [-0.2, -0.15) is 0 Å². The van der Waals surface area contributed by atoms with Crippen LogP contribution in [-0.2, 0) is 4.79 Å². The van der Waals surface area contributed by atoms with Crippen LogP contribution < -0.4 is 10.6 Å². The van der Waals surface area contributed by atoms with Crippen molar-refractivity contribution < 1.29 is 23.7 Å². The first kappa shape index (κ1) is 22.2. The van der Waals surface area contributed by atoms with Gasteiger partial charge in [-0.05, 0) is 36.4 Å². The van der Waals surface area contributed by atoms with E-state index in [4.69, 9.17) is 4.52 Å². The number of anilines is 2. The molecule has 0 bridgehead atoms. The first-order valence-corrected chi connectivity index (χ1v) is 11.2. The largest absolute Gasteiger partial charge is 0.351 e. The van der Waals surface area contributed by atoms with Gasteiger partial charge in [0, 0.05) is 23.9 Å². The standard InChI is InChI=1S/C24H19N3O5S/c28-17-14-18(33-13-7-12-19(29)25-15-8-3-1-4-9-15)22(30)20-21(27-32-23(17)20)24(31)26-16-10-5-2-6-11-16/h1-6,8-11,14H,7,12-13H2,(H,25,29)(H,26,31). The summed E-state index contributed by atoms with van der Waals surface area (Å²) in [6.07, 6.45) is 1.95. The summed E-state index contributed by atoms with van der Waals surface area (Å²) in [4.78, 5) is 50.2. The van der Waals surface area contributed by atoms with E-state index in [9.17, 15) is 19.2 Å². The number of Topliss-reactive ketones (excluding diaryl/α,β-unsaturated/α-hetero) is 1. The number of hydrogen-bond acceptors (Lipinski definition) is 7. The maximum Gasteiger partial charge on any atom is 0.278 e. The summed E-state index contributed by atoms with van der Waals surface area (Å²) in [7, 11) is 0. The fourth-order valence-electron chi connectivity index (χ4n) is 3.18. The molecule has 1 heterocycles. The Hall–Kier alpha value is -3.98. The van der Waals surface area contributed by atoms with Crippen molar-refractivity contribution in [1.29, 1.82) is 0 Å². The molecule has 0 fully saturated rings. The minimum atomic E-state index is -0.642. The van der Waals surface area contributed by atoms with E-state index in [1.165, 1.54) is 6.08 Å². The summed E-state index contributed by atoms with van der Waals surface area (Å²) in [5, 5.41) is 9.09. The Morgan fingerprint density at radius 2 is 1.55 bits per heavy atom. The van der Waals surface area contributed by atoms with Crippen molar-refractivity contribution in [3.05, 3.63) is 88.7 Å². The first-order chi connectivity index (χ1) is 16.0. The highest BCUT2D eigenvalue weighted by Gasteiger charge is 2.36. The number of carbonyl (C=O) groups excluding carboxylic acids is 4. The number of benzene rings is 2. The number of aromatic nitrogens is 1. The van der Waals surface area contributed by atoms with Crippen molar-refractivity contribution in [2.75, 3.05) is 16.4 Å². The van der Waals surface area contributed by atoms with Crippen LogP contribution in [0.3, 0.4) is 0 Å². The molecule has 0 saturated carbocycles. The molecular formula is C24H19N3O5S. The lowest BCUT2D eigenvalue weighted by Crippen LogP contribution is -2.20. The van der Waals surface area contributed by atoms with Crippen LogP contribution in [0.1, 0.15) is 44.2 Å². The molecule has 0 saturated heterocycles. The molecular weight excluding hydrogens is 442 g/mol. The van der Waals surface area contributed by atoms with E-state index in [2.05, 4.69) is 15.8 Å². The van der Waals surface area contributed by atoms with Gasteiger partial charge < -0.3 is 15.2 Å². The lowest BCUT2D eigenvalue weighted by Gasteiger charge is -2.11. The molecule has 0 aliphatic heterocycles. The average molecular weight is 461 g/mol. The molecule has 166 valence electrons. The average Bonchev–Trinajstić information content (AvgIpc) is 3.27.